The Morgan fingerprint density at radius 2 is 2.17 bits per heavy atom. The van der Waals surface area contributed by atoms with Gasteiger partial charge in [0.05, 0.1) is 31.1 Å². The van der Waals surface area contributed by atoms with Gasteiger partial charge in [-0.15, -0.1) is 0 Å². The number of benzene rings is 1. The van der Waals surface area contributed by atoms with Gasteiger partial charge < -0.3 is 19.5 Å². The van der Waals surface area contributed by atoms with Crippen LogP contribution in [0.25, 0.3) is 0 Å². The molecule has 0 spiro atoms. The summed E-state index contributed by atoms with van der Waals surface area (Å²) < 4.78 is 25.0. The van der Waals surface area contributed by atoms with Gasteiger partial charge in [-0.3, -0.25) is 10.2 Å². The first-order chi connectivity index (χ1) is 11.5. The van der Waals surface area contributed by atoms with Gasteiger partial charge in [0.1, 0.15) is 18.1 Å². The third-order valence-electron chi connectivity index (χ3n) is 4.11. The number of aliphatic hydroxyl groups is 1. The van der Waals surface area contributed by atoms with Crippen LogP contribution in [0.4, 0.5) is 20.6 Å². The van der Waals surface area contributed by atoms with Crippen molar-refractivity contribution in [2.45, 2.75) is 19.3 Å². The second-order valence-electron chi connectivity index (χ2n) is 5.94. The summed E-state index contributed by atoms with van der Waals surface area (Å²) in [4.78, 5) is 15.3. The number of anilines is 2. The van der Waals surface area contributed by atoms with E-state index in [1.165, 1.54) is 11.0 Å². The van der Waals surface area contributed by atoms with Crippen LogP contribution in [0.2, 0.25) is 0 Å². The zero-order valence-corrected chi connectivity index (χ0v) is 13.6. The number of hydrogen-bond donors (Lipinski definition) is 2. The molecule has 132 valence electrons. The van der Waals surface area contributed by atoms with Gasteiger partial charge in [-0.2, -0.15) is 0 Å². The predicted molar refractivity (Wildman–Crippen MR) is 86.7 cm³/mol. The van der Waals surface area contributed by atoms with Crippen molar-refractivity contribution in [1.29, 1.82) is 0 Å². The molecule has 2 unspecified atom stereocenters. The zero-order valence-electron chi connectivity index (χ0n) is 13.6. The summed E-state index contributed by atoms with van der Waals surface area (Å²) in [5.41, 5.74) is 0.982. The monoisotopic (exact) mass is 339 g/mol. The van der Waals surface area contributed by atoms with Gasteiger partial charge in [0.15, 0.2) is 0 Å². The van der Waals surface area contributed by atoms with Crippen molar-refractivity contribution in [2.24, 2.45) is 0 Å². The van der Waals surface area contributed by atoms with Crippen LogP contribution in [-0.2, 0) is 9.47 Å². The van der Waals surface area contributed by atoms with Crippen LogP contribution < -0.4 is 15.1 Å². The Kier molecular flexibility index (Phi) is 5.17. The van der Waals surface area contributed by atoms with Gasteiger partial charge in [-0.05, 0) is 25.1 Å². The SMILES string of the molecule is CC(O)NCC1CN(c2ccc(N3CCOCC3)c(F)c2)C(=O)O1. The second kappa shape index (κ2) is 7.33. The molecular weight excluding hydrogens is 317 g/mol. The second-order valence-corrected chi connectivity index (χ2v) is 5.94. The molecule has 7 nitrogen and oxygen atoms in total. The molecule has 2 N–H and O–H groups in total. The maximum atomic E-state index is 14.5. The third-order valence-corrected chi connectivity index (χ3v) is 4.11. The van der Waals surface area contributed by atoms with Crippen LogP contribution in [0.3, 0.4) is 0 Å². The number of morpholine rings is 1. The smallest absolute Gasteiger partial charge is 0.414 e. The van der Waals surface area contributed by atoms with Crippen molar-refractivity contribution in [3.8, 4) is 0 Å². The number of carbonyl (C=O) groups excluding carboxylic acids is 1. The summed E-state index contributed by atoms with van der Waals surface area (Å²) in [5.74, 6) is -0.368. The number of nitrogens with zero attached hydrogens (tertiary/aromatic N) is 2. The van der Waals surface area contributed by atoms with Crippen LogP contribution in [0.1, 0.15) is 6.92 Å². The van der Waals surface area contributed by atoms with Crippen molar-refractivity contribution in [3.63, 3.8) is 0 Å². The molecule has 1 amide bonds. The van der Waals surface area contributed by atoms with E-state index in [-0.39, 0.29) is 11.9 Å². The maximum Gasteiger partial charge on any atom is 0.414 e. The van der Waals surface area contributed by atoms with E-state index in [0.717, 1.165) is 0 Å². The van der Waals surface area contributed by atoms with E-state index in [9.17, 15) is 14.3 Å². The molecule has 2 heterocycles. The molecule has 0 bridgehead atoms. The minimum absolute atomic E-state index is 0.314. The van der Waals surface area contributed by atoms with Crippen molar-refractivity contribution in [2.75, 3.05) is 49.2 Å². The van der Waals surface area contributed by atoms with Crippen LogP contribution in [0.15, 0.2) is 18.2 Å². The molecule has 1 aromatic carbocycles. The number of amides is 1. The number of ether oxygens (including phenoxy) is 2. The standard InChI is InChI=1S/C16H22FN3O4/c1-11(21)18-9-13-10-20(16(22)24-13)12-2-3-15(14(17)8-12)19-4-6-23-7-5-19/h2-3,8,11,13,18,21H,4-7,9-10H2,1H3. The van der Waals surface area contributed by atoms with E-state index < -0.39 is 12.3 Å². The Bertz CT molecular complexity index is 593. The van der Waals surface area contributed by atoms with Crippen LogP contribution >= 0.6 is 0 Å². The fourth-order valence-corrected chi connectivity index (χ4v) is 2.87. The fraction of sp³-hybridized carbons (Fsp3) is 0.562. The highest BCUT2D eigenvalue weighted by atomic mass is 19.1. The van der Waals surface area contributed by atoms with Crippen LogP contribution in [0, 0.1) is 5.82 Å². The van der Waals surface area contributed by atoms with Crippen molar-refractivity contribution < 1.29 is 23.8 Å². The highest BCUT2D eigenvalue weighted by Gasteiger charge is 2.32. The van der Waals surface area contributed by atoms with Crippen LogP contribution in [-0.4, -0.2) is 62.9 Å². The fourth-order valence-electron chi connectivity index (χ4n) is 2.87. The van der Waals surface area contributed by atoms with Gasteiger partial charge in [-0.25, -0.2) is 9.18 Å². The summed E-state index contributed by atoms with van der Waals surface area (Å²) in [6.45, 7) is 4.71. The molecule has 2 fully saturated rings. The first kappa shape index (κ1) is 16.9. The molecule has 0 aromatic heterocycles. The summed E-state index contributed by atoms with van der Waals surface area (Å²) in [6.07, 6.45) is -1.57. The van der Waals surface area contributed by atoms with Gasteiger partial charge in [0, 0.05) is 19.6 Å². The van der Waals surface area contributed by atoms with E-state index >= 15 is 0 Å². The molecule has 8 heteroatoms. The third kappa shape index (κ3) is 3.77. The molecular formula is C16H22FN3O4. The van der Waals surface area contributed by atoms with Crippen molar-refractivity contribution in [3.05, 3.63) is 24.0 Å². The normalized spacial score (nSPS) is 22.6. The van der Waals surface area contributed by atoms with Crippen molar-refractivity contribution >= 4 is 17.5 Å². The van der Waals surface area contributed by atoms with Gasteiger partial charge in [0.2, 0.25) is 0 Å². The highest BCUT2D eigenvalue weighted by molar-refractivity contribution is 5.90. The number of carbonyl (C=O) groups is 1. The van der Waals surface area contributed by atoms with E-state index in [2.05, 4.69) is 5.32 Å². The molecule has 2 aliphatic heterocycles. The summed E-state index contributed by atoms with van der Waals surface area (Å²) >= 11 is 0. The van der Waals surface area contributed by atoms with E-state index in [4.69, 9.17) is 9.47 Å². The summed E-state index contributed by atoms with van der Waals surface area (Å²) in [5, 5.41) is 12.0. The average Bonchev–Trinajstić information content (AvgIpc) is 2.94. The van der Waals surface area contributed by atoms with Gasteiger partial charge in [-0.1, -0.05) is 0 Å². The number of hydrogen-bond acceptors (Lipinski definition) is 6. The summed E-state index contributed by atoms with van der Waals surface area (Å²) in [7, 11) is 0. The lowest BCUT2D eigenvalue weighted by molar-refractivity contribution is 0.110. The number of nitrogens with one attached hydrogen (secondary N) is 1. The minimum atomic E-state index is -0.678. The molecule has 2 saturated heterocycles. The number of aliphatic hydroxyl groups excluding tert-OH is 1. The molecule has 1 aromatic rings. The lowest BCUT2D eigenvalue weighted by Gasteiger charge is -2.29. The van der Waals surface area contributed by atoms with Crippen LogP contribution in [0.5, 0.6) is 0 Å². The molecule has 24 heavy (non-hydrogen) atoms. The van der Waals surface area contributed by atoms with Crippen molar-refractivity contribution in [1.82, 2.24) is 5.32 Å². The first-order valence-electron chi connectivity index (χ1n) is 8.06. The molecule has 0 aliphatic carbocycles. The Morgan fingerprint density at radius 3 is 2.83 bits per heavy atom. The Morgan fingerprint density at radius 1 is 1.42 bits per heavy atom. The van der Waals surface area contributed by atoms with E-state index in [1.807, 2.05) is 4.90 Å². The Balaban J connectivity index is 1.68. The average molecular weight is 339 g/mol. The van der Waals surface area contributed by atoms with Gasteiger partial charge >= 0.3 is 6.09 Å². The lowest BCUT2D eigenvalue weighted by Crippen LogP contribution is -2.37. The molecule has 2 aliphatic rings. The maximum absolute atomic E-state index is 14.5. The highest BCUT2D eigenvalue weighted by Crippen LogP contribution is 2.28. The minimum Gasteiger partial charge on any atom is -0.443 e. The predicted octanol–water partition coefficient (Wildman–Crippen LogP) is 0.915. The Labute approximate surface area is 139 Å². The number of rotatable bonds is 5. The van der Waals surface area contributed by atoms with E-state index in [1.54, 1.807) is 19.1 Å². The first-order valence-corrected chi connectivity index (χ1v) is 8.06. The largest absolute Gasteiger partial charge is 0.443 e. The molecule has 0 saturated carbocycles. The molecule has 3 rings (SSSR count). The zero-order chi connectivity index (χ0) is 17.1. The lowest BCUT2D eigenvalue weighted by atomic mass is 10.2. The quantitative estimate of drug-likeness (QED) is 0.777. The molecule has 0 radical (unpaired) electrons. The van der Waals surface area contributed by atoms with Gasteiger partial charge in [0.25, 0.3) is 0 Å². The number of cyclic esters (lactones) is 1. The van der Waals surface area contributed by atoms with E-state index in [0.29, 0.717) is 50.8 Å². The molecule has 2 atom stereocenters. The topological polar surface area (TPSA) is 74.3 Å². The number of halogens is 1. The Hall–Kier alpha value is -1.90. The summed E-state index contributed by atoms with van der Waals surface area (Å²) in [6, 6.07) is 4.76.